The van der Waals surface area contributed by atoms with Crippen molar-refractivity contribution in [3.05, 3.63) is 59.2 Å². The van der Waals surface area contributed by atoms with Gasteiger partial charge in [-0.3, -0.25) is 4.79 Å². The molecule has 1 amide bonds. The Balaban J connectivity index is 1.58. The lowest BCUT2D eigenvalue weighted by atomic mass is 10.1. The number of tetrazole rings is 1. The molecule has 2 aromatic carbocycles. The monoisotopic (exact) mass is 383 g/mol. The van der Waals surface area contributed by atoms with Gasteiger partial charge in [0.2, 0.25) is 11.1 Å². The molecule has 7 nitrogen and oxygen atoms in total. The zero-order valence-corrected chi connectivity index (χ0v) is 16.3. The van der Waals surface area contributed by atoms with E-state index in [9.17, 15) is 4.79 Å². The fraction of sp³-hybridized carbons (Fsp3) is 0.263. The number of carbonyl (C=O) groups is 1. The Hall–Kier alpha value is -2.87. The standard InChI is InChI=1S/C19H21N5O2S/c1-13-4-9-17(14(2)10-13)20-18(25)12-27-19-21-22-23-24(19)11-15-5-7-16(26-3)8-6-15/h4-10H,11-12H2,1-3H3,(H,20,25). The van der Waals surface area contributed by atoms with Crippen molar-refractivity contribution in [1.29, 1.82) is 0 Å². The van der Waals surface area contributed by atoms with E-state index in [1.807, 2.05) is 56.3 Å². The van der Waals surface area contributed by atoms with E-state index in [0.29, 0.717) is 11.7 Å². The van der Waals surface area contributed by atoms with Gasteiger partial charge >= 0.3 is 0 Å². The number of benzene rings is 2. The van der Waals surface area contributed by atoms with Gasteiger partial charge in [0.15, 0.2) is 0 Å². The summed E-state index contributed by atoms with van der Waals surface area (Å²) in [7, 11) is 1.63. The quantitative estimate of drug-likeness (QED) is 0.632. The highest BCUT2D eigenvalue weighted by Crippen LogP contribution is 2.19. The van der Waals surface area contributed by atoms with Gasteiger partial charge in [-0.1, -0.05) is 41.6 Å². The normalized spacial score (nSPS) is 10.6. The molecule has 1 N–H and O–H groups in total. The lowest BCUT2D eigenvalue weighted by Gasteiger charge is -2.09. The molecule has 27 heavy (non-hydrogen) atoms. The van der Waals surface area contributed by atoms with Crippen LogP contribution in [0.5, 0.6) is 5.75 Å². The van der Waals surface area contributed by atoms with Crippen LogP contribution >= 0.6 is 11.8 Å². The molecule has 8 heteroatoms. The summed E-state index contributed by atoms with van der Waals surface area (Å²) >= 11 is 1.31. The van der Waals surface area contributed by atoms with Crippen LogP contribution in [0.25, 0.3) is 0 Å². The Morgan fingerprint density at radius 2 is 1.96 bits per heavy atom. The number of anilines is 1. The molecular formula is C19H21N5O2S. The summed E-state index contributed by atoms with van der Waals surface area (Å²) in [5.74, 6) is 0.940. The third kappa shape index (κ3) is 5.07. The van der Waals surface area contributed by atoms with Gasteiger partial charge in [-0.05, 0) is 53.6 Å². The van der Waals surface area contributed by atoms with Gasteiger partial charge in [-0.25, -0.2) is 4.68 Å². The maximum Gasteiger partial charge on any atom is 0.234 e. The number of nitrogens with one attached hydrogen (secondary N) is 1. The van der Waals surface area contributed by atoms with Gasteiger partial charge in [0.25, 0.3) is 0 Å². The van der Waals surface area contributed by atoms with Crippen molar-refractivity contribution >= 4 is 23.4 Å². The summed E-state index contributed by atoms with van der Waals surface area (Å²) in [6.07, 6.45) is 0. The molecule has 0 aliphatic rings. The molecule has 0 radical (unpaired) electrons. The molecule has 0 unspecified atom stereocenters. The van der Waals surface area contributed by atoms with E-state index in [2.05, 4.69) is 20.8 Å². The average molecular weight is 383 g/mol. The van der Waals surface area contributed by atoms with Gasteiger partial charge < -0.3 is 10.1 Å². The molecule has 1 aromatic heterocycles. The SMILES string of the molecule is COc1ccc(Cn2nnnc2SCC(=O)Nc2ccc(C)cc2C)cc1. The van der Waals surface area contributed by atoms with E-state index < -0.39 is 0 Å². The van der Waals surface area contributed by atoms with Crippen LogP contribution in [0.4, 0.5) is 5.69 Å². The number of hydrogen-bond donors (Lipinski definition) is 1. The van der Waals surface area contributed by atoms with Crippen LogP contribution in [0.3, 0.4) is 0 Å². The maximum absolute atomic E-state index is 12.3. The molecule has 0 spiro atoms. The molecule has 0 saturated carbocycles. The average Bonchev–Trinajstić information content (AvgIpc) is 3.10. The molecule has 0 fully saturated rings. The third-order valence-electron chi connectivity index (χ3n) is 3.98. The van der Waals surface area contributed by atoms with Crippen LogP contribution in [-0.4, -0.2) is 39.0 Å². The number of carbonyl (C=O) groups excluding carboxylic acids is 1. The molecule has 3 aromatic rings. The summed E-state index contributed by atoms with van der Waals surface area (Å²) in [6.45, 7) is 4.53. The zero-order chi connectivity index (χ0) is 19.2. The Labute approximate surface area is 162 Å². The Kier molecular flexibility index (Phi) is 6.08. The molecular weight excluding hydrogens is 362 g/mol. The first-order chi connectivity index (χ1) is 13.0. The van der Waals surface area contributed by atoms with Crippen molar-refractivity contribution in [1.82, 2.24) is 20.2 Å². The fourth-order valence-corrected chi connectivity index (χ4v) is 3.25. The minimum atomic E-state index is -0.0917. The number of aryl methyl sites for hydroxylation is 2. The Morgan fingerprint density at radius 1 is 1.19 bits per heavy atom. The number of ether oxygens (including phenoxy) is 1. The van der Waals surface area contributed by atoms with Gasteiger partial charge in [0, 0.05) is 5.69 Å². The predicted octanol–water partition coefficient (Wildman–Crippen LogP) is 3.08. The predicted molar refractivity (Wildman–Crippen MR) is 105 cm³/mol. The summed E-state index contributed by atoms with van der Waals surface area (Å²) < 4.78 is 6.84. The van der Waals surface area contributed by atoms with Crippen molar-refractivity contribution in [2.24, 2.45) is 0 Å². The zero-order valence-electron chi connectivity index (χ0n) is 15.5. The first-order valence-electron chi connectivity index (χ1n) is 8.44. The lowest BCUT2D eigenvalue weighted by molar-refractivity contribution is -0.113. The molecule has 0 saturated heterocycles. The second-order valence-electron chi connectivity index (χ2n) is 6.12. The number of nitrogens with zero attached hydrogens (tertiary/aromatic N) is 4. The van der Waals surface area contributed by atoms with Gasteiger partial charge in [-0.2, -0.15) is 0 Å². The van der Waals surface area contributed by atoms with Crippen LogP contribution in [0.1, 0.15) is 16.7 Å². The van der Waals surface area contributed by atoms with Crippen LogP contribution < -0.4 is 10.1 Å². The third-order valence-corrected chi connectivity index (χ3v) is 4.94. The van der Waals surface area contributed by atoms with E-state index in [1.54, 1.807) is 11.8 Å². The minimum Gasteiger partial charge on any atom is -0.497 e. The first kappa shape index (κ1) is 18.9. The van der Waals surface area contributed by atoms with Gasteiger partial charge in [-0.15, -0.1) is 5.10 Å². The number of amides is 1. The molecule has 0 bridgehead atoms. The summed E-state index contributed by atoms with van der Waals surface area (Å²) in [5.41, 5.74) is 4.07. The Bertz CT molecular complexity index is 924. The summed E-state index contributed by atoms with van der Waals surface area (Å²) in [5, 5.41) is 15.3. The highest BCUT2D eigenvalue weighted by Gasteiger charge is 2.11. The largest absolute Gasteiger partial charge is 0.497 e. The highest BCUT2D eigenvalue weighted by molar-refractivity contribution is 7.99. The van der Waals surface area contributed by atoms with Crippen molar-refractivity contribution in [3.63, 3.8) is 0 Å². The number of thioether (sulfide) groups is 1. The van der Waals surface area contributed by atoms with E-state index in [1.165, 1.54) is 11.8 Å². The second kappa shape index (κ2) is 8.68. The molecule has 140 valence electrons. The highest BCUT2D eigenvalue weighted by atomic mass is 32.2. The smallest absolute Gasteiger partial charge is 0.234 e. The van der Waals surface area contributed by atoms with Crippen molar-refractivity contribution in [3.8, 4) is 5.75 Å². The van der Waals surface area contributed by atoms with E-state index >= 15 is 0 Å². The topological polar surface area (TPSA) is 81.9 Å². The fourth-order valence-electron chi connectivity index (χ4n) is 2.57. The van der Waals surface area contributed by atoms with Crippen molar-refractivity contribution in [2.45, 2.75) is 25.5 Å². The first-order valence-corrected chi connectivity index (χ1v) is 9.42. The number of rotatable bonds is 7. The lowest BCUT2D eigenvalue weighted by Crippen LogP contribution is -2.15. The molecule has 3 rings (SSSR count). The Morgan fingerprint density at radius 3 is 2.67 bits per heavy atom. The van der Waals surface area contributed by atoms with E-state index in [-0.39, 0.29) is 11.7 Å². The molecule has 0 atom stereocenters. The van der Waals surface area contributed by atoms with E-state index in [0.717, 1.165) is 28.1 Å². The van der Waals surface area contributed by atoms with Crippen LogP contribution in [0, 0.1) is 13.8 Å². The number of methoxy groups -OCH3 is 1. The number of hydrogen-bond acceptors (Lipinski definition) is 6. The molecule has 0 aliphatic carbocycles. The van der Waals surface area contributed by atoms with Crippen molar-refractivity contribution < 1.29 is 9.53 Å². The van der Waals surface area contributed by atoms with Crippen LogP contribution in [0.15, 0.2) is 47.6 Å². The molecule has 0 aliphatic heterocycles. The summed E-state index contributed by atoms with van der Waals surface area (Å²) in [4.78, 5) is 12.3. The number of aromatic nitrogens is 4. The molecule has 1 heterocycles. The van der Waals surface area contributed by atoms with Gasteiger partial charge in [0.05, 0.1) is 19.4 Å². The summed E-state index contributed by atoms with van der Waals surface area (Å²) in [6, 6.07) is 13.6. The van der Waals surface area contributed by atoms with Crippen molar-refractivity contribution in [2.75, 3.05) is 18.2 Å². The second-order valence-corrected chi connectivity index (χ2v) is 7.06. The van der Waals surface area contributed by atoms with E-state index in [4.69, 9.17) is 4.74 Å². The van der Waals surface area contributed by atoms with Crippen LogP contribution in [-0.2, 0) is 11.3 Å². The van der Waals surface area contributed by atoms with Gasteiger partial charge in [0.1, 0.15) is 5.75 Å². The van der Waals surface area contributed by atoms with Crippen LogP contribution in [0.2, 0.25) is 0 Å². The minimum absolute atomic E-state index is 0.0917. The maximum atomic E-state index is 12.3.